The third-order valence-electron chi connectivity index (χ3n) is 4.44. The van der Waals surface area contributed by atoms with Gasteiger partial charge in [0.15, 0.2) is 0 Å². The first kappa shape index (κ1) is 19.5. The van der Waals surface area contributed by atoms with Gasteiger partial charge in [-0.1, -0.05) is 18.2 Å². The topological polar surface area (TPSA) is 89.8 Å². The Morgan fingerprint density at radius 2 is 1.77 bits per heavy atom. The highest BCUT2D eigenvalue weighted by atomic mass is 32.1. The highest BCUT2D eigenvalue weighted by Gasteiger charge is 2.24. The van der Waals surface area contributed by atoms with Gasteiger partial charge in [-0.2, -0.15) is 0 Å². The lowest BCUT2D eigenvalue weighted by molar-refractivity contribution is 0.0999. The second-order valence-corrected chi connectivity index (χ2v) is 7.20. The molecular formula is C22H18N2O5S. The van der Waals surface area contributed by atoms with E-state index in [1.54, 1.807) is 55.6 Å². The van der Waals surface area contributed by atoms with Crippen LogP contribution in [0.3, 0.4) is 0 Å². The number of anilines is 2. The van der Waals surface area contributed by atoms with Gasteiger partial charge >= 0.3 is 0 Å². The van der Waals surface area contributed by atoms with E-state index in [9.17, 15) is 9.59 Å². The number of para-hydroxylation sites is 1. The Hall–Kier alpha value is -3.78. The van der Waals surface area contributed by atoms with Gasteiger partial charge in [0.2, 0.25) is 5.76 Å². The SMILES string of the molecule is COc1ccc(NC(=O)c2oc3ccccc3c2NC(=O)c2cccs2)c(OC)c1. The lowest BCUT2D eigenvalue weighted by atomic mass is 10.2. The zero-order valence-corrected chi connectivity index (χ0v) is 17.0. The number of amides is 2. The van der Waals surface area contributed by atoms with Gasteiger partial charge in [-0.15, -0.1) is 11.3 Å². The maximum absolute atomic E-state index is 13.1. The maximum Gasteiger partial charge on any atom is 0.293 e. The van der Waals surface area contributed by atoms with E-state index in [2.05, 4.69) is 10.6 Å². The molecule has 2 aromatic heterocycles. The number of fused-ring (bicyclic) bond motifs is 1. The minimum absolute atomic E-state index is 0.000947. The molecule has 0 aliphatic heterocycles. The molecule has 0 aliphatic rings. The van der Waals surface area contributed by atoms with Crippen molar-refractivity contribution >= 4 is 45.5 Å². The van der Waals surface area contributed by atoms with Crippen molar-refractivity contribution in [2.45, 2.75) is 0 Å². The Morgan fingerprint density at radius 1 is 0.933 bits per heavy atom. The second kappa shape index (κ2) is 8.30. The molecule has 152 valence electrons. The minimum atomic E-state index is -0.517. The molecule has 2 heterocycles. The van der Waals surface area contributed by atoms with E-state index in [1.807, 2.05) is 11.4 Å². The van der Waals surface area contributed by atoms with Crippen LogP contribution >= 0.6 is 11.3 Å². The molecule has 0 saturated heterocycles. The van der Waals surface area contributed by atoms with Gasteiger partial charge in [-0.3, -0.25) is 9.59 Å². The zero-order chi connectivity index (χ0) is 21.1. The molecule has 7 nitrogen and oxygen atoms in total. The number of thiophene rings is 1. The van der Waals surface area contributed by atoms with E-state index in [0.717, 1.165) is 0 Å². The lowest BCUT2D eigenvalue weighted by Gasteiger charge is -2.11. The maximum atomic E-state index is 13.1. The molecule has 4 rings (SSSR count). The normalized spacial score (nSPS) is 10.6. The van der Waals surface area contributed by atoms with Crippen LogP contribution in [0.2, 0.25) is 0 Å². The number of rotatable bonds is 6. The van der Waals surface area contributed by atoms with E-state index in [-0.39, 0.29) is 11.7 Å². The molecule has 0 atom stereocenters. The summed E-state index contributed by atoms with van der Waals surface area (Å²) in [5.74, 6) is 0.197. The summed E-state index contributed by atoms with van der Waals surface area (Å²) in [7, 11) is 3.04. The molecule has 8 heteroatoms. The van der Waals surface area contributed by atoms with Gasteiger partial charge in [-0.25, -0.2) is 0 Å². The molecule has 2 N–H and O–H groups in total. The Balaban J connectivity index is 1.70. The molecule has 0 radical (unpaired) electrons. The summed E-state index contributed by atoms with van der Waals surface area (Å²) in [5.41, 5.74) is 1.25. The van der Waals surface area contributed by atoms with E-state index in [4.69, 9.17) is 13.9 Å². The smallest absolute Gasteiger partial charge is 0.293 e. The van der Waals surface area contributed by atoms with E-state index in [0.29, 0.717) is 38.7 Å². The van der Waals surface area contributed by atoms with Crippen LogP contribution in [0.4, 0.5) is 11.4 Å². The second-order valence-electron chi connectivity index (χ2n) is 6.25. The minimum Gasteiger partial charge on any atom is -0.497 e. The summed E-state index contributed by atoms with van der Waals surface area (Å²) in [6.07, 6.45) is 0. The average Bonchev–Trinajstić information content (AvgIpc) is 3.43. The van der Waals surface area contributed by atoms with Crippen molar-refractivity contribution in [2.24, 2.45) is 0 Å². The number of hydrogen-bond donors (Lipinski definition) is 2. The zero-order valence-electron chi connectivity index (χ0n) is 16.2. The molecule has 0 bridgehead atoms. The highest BCUT2D eigenvalue weighted by molar-refractivity contribution is 7.12. The summed E-state index contributed by atoms with van der Waals surface area (Å²) < 4.78 is 16.3. The van der Waals surface area contributed by atoms with Crippen LogP contribution in [-0.2, 0) is 0 Å². The number of carbonyl (C=O) groups excluding carboxylic acids is 2. The van der Waals surface area contributed by atoms with Crippen molar-refractivity contribution < 1.29 is 23.5 Å². The van der Waals surface area contributed by atoms with Gasteiger partial charge in [0.1, 0.15) is 22.8 Å². The fourth-order valence-electron chi connectivity index (χ4n) is 2.99. The van der Waals surface area contributed by atoms with E-state index in [1.165, 1.54) is 18.4 Å². The van der Waals surface area contributed by atoms with Crippen molar-refractivity contribution in [3.8, 4) is 11.5 Å². The molecule has 30 heavy (non-hydrogen) atoms. The third kappa shape index (κ3) is 3.72. The van der Waals surface area contributed by atoms with Crippen molar-refractivity contribution in [1.29, 1.82) is 0 Å². The average molecular weight is 422 g/mol. The Bertz CT molecular complexity index is 1210. The number of nitrogens with one attached hydrogen (secondary N) is 2. The first-order chi connectivity index (χ1) is 14.6. The third-order valence-corrected chi connectivity index (χ3v) is 5.31. The van der Waals surface area contributed by atoms with Crippen LogP contribution in [0.1, 0.15) is 20.2 Å². The molecule has 0 aliphatic carbocycles. The monoisotopic (exact) mass is 422 g/mol. The molecule has 0 spiro atoms. The van der Waals surface area contributed by atoms with Crippen molar-refractivity contribution in [2.75, 3.05) is 24.9 Å². The molecule has 2 aromatic carbocycles. The quantitative estimate of drug-likeness (QED) is 0.456. The summed E-state index contributed by atoms with van der Waals surface area (Å²) >= 11 is 1.31. The molecule has 0 fully saturated rings. The molecule has 0 saturated carbocycles. The number of ether oxygens (including phenoxy) is 2. The van der Waals surface area contributed by atoms with Gasteiger partial charge in [0, 0.05) is 11.5 Å². The molecule has 0 unspecified atom stereocenters. The summed E-state index contributed by atoms with van der Waals surface area (Å²) in [5, 5.41) is 8.04. The van der Waals surface area contributed by atoms with Gasteiger partial charge in [-0.05, 0) is 35.7 Å². The van der Waals surface area contributed by atoms with Crippen LogP contribution in [0.25, 0.3) is 11.0 Å². The number of carbonyl (C=O) groups is 2. The standard InChI is InChI=1S/C22H18N2O5S/c1-27-13-9-10-15(17(12-13)28-2)23-22(26)20-19(14-6-3-4-7-16(14)29-20)24-21(25)18-8-5-11-30-18/h3-12H,1-2H3,(H,23,26)(H,24,25). The fraction of sp³-hybridized carbons (Fsp3) is 0.0909. The van der Waals surface area contributed by atoms with Crippen LogP contribution in [0, 0.1) is 0 Å². The lowest BCUT2D eigenvalue weighted by Crippen LogP contribution is -2.17. The van der Waals surface area contributed by atoms with Crippen molar-refractivity contribution in [3.63, 3.8) is 0 Å². The predicted molar refractivity (Wildman–Crippen MR) is 116 cm³/mol. The van der Waals surface area contributed by atoms with Crippen molar-refractivity contribution in [1.82, 2.24) is 0 Å². The van der Waals surface area contributed by atoms with Gasteiger partial charge in [0.05, 0.1) is 24.8 Å². The first-order valence-electron chi connectivity index (χ1n) is 9.00. The summed E-state index contributed by atoms with van der Waals surface area (Å²) in [4.78, 5) is 26.2. The molecular weight excluding hydrogens is 404 g/mol. The number of benzene rings is 2. The fourth-order valence-corrected chi connectivity index (χ4v) is 3.61. The highest BCUT2D eigenvalue weighted by Crippen LogP contribution is 2.34. The van der Waals surface area contributed by atoms with Gasteiger partial charge in [0.25, 0.3) is 11.8 Å². The van der Waals surface area contributed by atoms with Crippen LogP contribution in [0.5, 0.6) is 11.5 Å². The van der Waals surface area contributed by atoms with Crippen molar-refractivity contribution in [3.05, 3.63) is 70.6 Å². The number of methoxy groups -OCH3 is 2. The van der Waals surface area contributed by atoms with Crippen LogP contribution in [0.15, 0.2) is 64.4 Å². The Morgan fingerprint density at radius 3 is 2.50 bits per heavy atom. The van der Waals surface area contributed by atoms with Gasteiger partial charge < -0.3 is 24.5 Å². The predicted octanol–water partition coefficient (Wildman–Crippen LogP) is 5.02. The Labute approximate surface area is 176 Å². The van der Waals surface area contributed by atoms with E-state index >= 15 is 0 Å². The van der Waals surface area contributed by atoms with Crippen LogP contribution < -0.4 is 20.1 Å². The largest absolute Gasteiger partial charge is 0.497 e. The number of hydrogen-bond acceptors (Lipinski definition) is 6. The molecule has 2 amide bonds. The number of furan rings is 1. The molecule has 4 aromatic rings. The summed E-state index contributed by atoms with van der Waals surface area (Å²) in [6, 6.07) is 15.7. The summed E-state index contributed by atoms with van der Waals surface area (Å²) in [6.45, 7) is 0. The van der Waals surface area contributed by atoms with E-state index < -0.39 is 5.91 Å². The van der Waals surface area contributed by atoms with Crippen LogP contribution in [-0.4, -0.2) is 26.0 Å². The Kier molecular flexibility index (Phi) is 5.40. The first-order valence-corrected chi connectivity index (χ1v) is 9.88.